The maximum atomic E-state index is 13.3. The van der Waals surface area contributed by atoms with E-state index in [0.29, 0.717) is 23.4 Å². The Hall–Kier alpha value is -3.54. The summed E-state index contributed by atoms with van der Waals surface area (Å²) >= 11 is 0. The molecule has 3 heterocycles. The van der Waals surface area contributed by atoms with E-state index >= 15 is 0 Å². The monoisotopic (exact) mass is 412 g/mol. The van der Waals surface area contributed by atoms with Gasteiger partial charge in [-0.25, -0.2) is 14.5 Å². The summed E-state index contributed by atoms with van der Waals surface area (Å²) in [7, 11) is 0. The minimum absolute atomic E-state index is 0.410. The quantitative estimate of drug-likeness (QED) is 0.384. The van der Waals surface area contributed by atoms with Gasteiger partial charge in [0.1, 0.15) is 5.57 Å². The molecule has 0 atom stereocenters. The highest BCUT2D eigenvalue weighted by molar-refractivity contribution is 6.08. The zero-order chi connectivity index (χ0) is 21.8. The van der Waals surface area contributed by atoms with Crippen LogP contribution < -0.4 is 5.06 Å². The predicted octanol–water partition coefficient (Wildman–Crippen LogP) is 6.12. The van der Waals surface area contributed by atoms with Crippen LogP contribution in [-0.4, -0.2) is 21.2 Å². The van der Waals surface area contributed by atoms with E-state index in [1.54, 1.807) is 11.1 Å². The number of pyridine rings is 1. The normalized spacial score (nSPS) is 16.4. The van der Waals surface area contributed by atoms with E-state index in [9.17, 15) is 10.3 Å². The largest absolute Gasteiger partial charge is 0.493 e. The number of hydrogen-bond acceptors (Lipinski definition) is 4. The van der Waals surface area contributed by atoms with Gasteiger partial charge in [-0.1, -0.05) is 37.6 Å². The van der Waals surface area contributed by atoms with Crippen molar-refractivity contribution >= 4 is 39.1 Å². The Morgan fingerprint density at radius 2 is 1.94 bits per heavy atom. The molecule has 156 valence electrons. The van der Waals surface area contributed by atoms with Gasteiger partial charge in [-0.15, -0.1) is 0 Å². The molecule has 0 amide bonds. The van der Waals surface area contributed by atoms with Crippen molar-refractivity contribution in [3.63, 3.8) is 0 Å². The second-order valence-electron chi connectivity index (χ2n) is 8.70. The summed E-state index contributed by atoms with van der Waals surface area (Å²) in [5, 5.41) is 3.55. The second-order valence-corrected chi connectivity index (χ2v) is 8.70. The number of rotatable bonds is 3. The number of anilines is 1. The molecular weight excluding hydrogens is 388 g/mol. The molecule has 4 bridgehead atoms. The lowest BCUT2D eigenvalue weighted by Crippen LogP contribution is -2.46. The summed E-state index contributed by atoms with van der Waals surface area (Å²) in [6.45, 7) is 6.29. The van der Waals surface area contributed by atoms with Crippen molar-refractivity contribution in [2.24, 2.45) is 0 Å². The van der Waals surface area contributed by atoms with Crippen LogP contribution in [-0.2, 0) is 9.63 Å². The van der Waals surface area contributed by atoms with Crippen molar-refractivity contribution in [3.05, 3.63) is 71.4 Å². The van der Waals surface area contributed by atoms with Crippen LogP contribution in [0.3, 0.4) is 0 Å². The Morgan fingerprint density at radius 3 is 2.74 bits per heavy atom. The standard InChI is InChI=1S/C25H24N4O2/c1-4-14-25(2,3)29-23-17-8-5-6-10-20(17)27-21-15-16(12-13-18(21)23)28(26)22-11-7-9-19(22)24(30)31-29/h5-8,10-13,15H,4,9,14H2,1-3H3. The van der Waals surface area contributed by atoms with Crippen LogP contribution in [0.1, 0.15) is 40.0 Å². The van der Waals surface area contributed by atoms with Crippen LogP contribution >= 0.6 is 0 Å². The van der Waals surface area contributed by atoms with Crippen LogP contribution in [0.4, 0.5) is 11.4 Å². The van der Waals surface area contributed by atoms with Gasteiger partial charge >= 0.3 is 5.97 Å². The lowest BCUT2D eigenvalue weighted by Gasteiger charge is -2.39. The number of carbonyl (C=O) groups is 1. The van der Waals surface area contributed by atoms with Gasteiger partial charge in [0.15, 0.2) is 0 Å². The molecule has 0 unspecified atom stereocenters. The van der Waals surface area contributed by atoms with E-state index in [-0.39, 0.29) is 0 Å². The Morgan fingerprint density at radius 1 is 1.16 bits per heavy atom. The molecule has 6 heteroatoms. The molecule has 6 rings (SSSR count). The number of aromatic nitrogens is 1. The molecule has 3 aliphatic rings. The molecule has 0 fully saturated rings. The van der Waals surface area contributed by atoms with Gasteiger partial charge in [0.05, 0.1) is 22.3 Å². The van der Waals surface area contributed by atoms with Crippen molar-refractivity contribution in [1.29, 1.82) is 0 Å². The molecule has 31 heavy (non-hydrogen) atoms. The van der Waals surface area contributed by atoms with Crippen molar-refractivity contribution in [3.8, 4) is 0 Å². The van der Waals surface area contributed by atoms with Gasteiger partial charge < -0.3 is 10.4 Å². The average Bonchev–Trinajstić information content (AvgIpc) is 3.24. The molecule has 3 aromatic rings. The third-order valence-corrected chi connectivity index (χ3v) is 6.05. The van der Waals surface area contributed by atoms with Gasteiger partial charge in [0.2, 0.25) is 11.4 Å². The summed E-state index contributed by atoms with van der Waals surface area (Å²) < 4.78 is 1.04. The smallest absolute Gasteiger partial charge is 0.366 e. The summed E-state index contributed by atoms with van der Waals surface area (Å²) in [5.74, 6) is -0.459. The number of hydroxylamine groups is 1. The first-order valence-electron chi connectivity index (χ1n) is 10.6. The zero-order valence-corrected chi connectivity index (χ0v) is 17.9. The Labute approximate surface area is 180 Å². The van der Waals surface area contributed by atoms with E-state index in [0.717, 1.165) is 45.0 Å². The summed E-state index contributed by atoms with van der Waals surface area (Å²) in [6, 6.07) is 13.5. The fourth-order valence-corrected chi connectivity index (χ4v) is 4.55. The molecule has 2 aliphatic heterocycles. The summed E-state index contributed by atoms with van der Waals surface area (Å²) in [4.78, 5) is 24.3. The van der Waals surface area contributed by atoms with Gasteiger partial charge in [-0.05, 0) is 32.4 Å². The molecular formula is C25H24N4O2. The number of fused-ring (bicyclic) bond motifs is 4. The van der Waals surface area contributed by atoms with E-state index in [1.165, 1.54) is 0 Å². The minimum Gasteiger partial charge on any atom is -0.493 e. The number of benzene rings is 2. The van der Waals surface area contributed by atoms with Crippen molar-refractivity contribution < 1.29 is 14.3 Å². The fraction of sp³-hybridized carbons (Fsp3) is 0.280. The van der Waals surface area contributed by atoms with Crippen LogP contribution in [0.2, 0.25) is 0 Å². The second kappa shape index (κ2) is 7.01. The topological polar surface area (TPSA) is 67.7 Å². The SMILES string of the molecule is CCCC(C)(C)N1OC(=O)C2=C(C=CC2)[N+](=[N-])c2ccc3c1c1ccccc1nc3c2. The molecule has 2 aromatic carbocycles. The number of para-hydroxylation sites is 1. The molecule has 1 aliphatic carbocycles. The van der Waals surface area contributed by atoms with Crippen molar-refractivity contribution in [1.82, 2.24) is 4.98 Å². The molecule has 0 saturated carbocycles. The third kappa shape index (κ3) is 3.02. The predicted molar refractivity (Wildman–Crippen MR) is 121 cm³/mol. The van der Waals surface area contributed by atoms with Crippen LogP contribution in [0.5, 0.6) is 0 Å². The Kier molecular flexibility index (Phi) is 4.39. The van der Waals surface area contributed by atoms with E-state index in [2.05, 4.69) is 20.8 Å². The van der Waals surface area contributed by atoms with E-state index in [4.69, 9.17) is 9.82 Å². The number of nitrogens with zero attached hydrogens (tertiary/aromatic N) is 4. The maximum Gasteiger partial charge on any atom is 0.366 e. The van der Waals surface area contributed by atoms with Gasteiger partial charge in [0, 0.05) is 35.4 Å². The highest BCUT2D eigenvalue weighted by Gasteiger charge is 2.36. The number of allylic oxidation sites excluding steroid dienone is 2. The van der Waals surface area contributed by atoms with E-state index in [1.807, 2.05) is 48.5 Å². The van der Waals surface area contributed by atoms with Crippen LogP contribution in [0.15, 0.2) is 65.9 Å². The summed E-state index contributed by atoms with van der Waals surface area (Å²) in [5.41, 5.74) is 14.2. The molecule has 1 aromatic heterocycles. The van der Waals surface area contributed by atoms with Crippen molar-refractivity contribution in [2.45, 2.75) is 45.6 Å². The van der Waals surface area contributed by atoms with Crippen LogP contribution in [0.25, 0.3) is 27.3 Å². The fourth-order valence-electron chi connectivity index (χ4n) is 4.55. The average molecular weight is 412 g/mol. The molecule has 0 saturated heterocycles. The van der Waals surface area contributed by atoms with Crippen LogP contribution in [0, 0.1) is 0 Å². The first-order valence-corrected chi connectivity index (χ1v) is 10.6. The van der Waals surface area contributed by atoms with Gasteiger partial charge in [-0.3, -0.25) is 0 Å². The Bertz CT molecular complexity index is 1320. The highest BCUT2D eigenvalue weighted by atomic mass is 16.7. The Balaban J connectivity index is 1.89. The maximum absolute atomic E-state index is 13.3. The van der Waals surface area contributed by atoms with Gasteiger partial charge in [0.25, 0.3) is 0 Å². The van der Waals surface area contributed by atoms with Crippen molar-refractivity contribution in [2.75, 3.05) is 5.06 Å². The molecule has 0 radical (unpaired) electrons. The number of carbonyl (C=O) groups excluding carboxylic acids is 1. The zero-order valence-electron chi connectivity index (χ0n) is 17.9. The lowest BCUT2D eigenvalue weighted by atomic mass is 9.96. The van der Waals surface area contributed by atoms with Gasteiger partial charge in [-0.2, -0.15) is 5.06 Å². The number of hydrogen-bond donors (Lipinski definition) is 0. The summed E-state index contributed by atoms with van der Waals surface area (Å²) in [6.07, 6.45) is 5.78. The minimum atomic E-state index is -0.459. The van der Waals surface area contributed by atoms with E-state index < -0.39 is 11.5 Å². The lowest BCUT2D eigenvalue weighted by molar-refractivity contribution is -0.402. The first kappa shape index (κ1) is 19.4. The molecule has 6 nitrogen and oxygen atoms in total. The highest BCUT2D eigenvalue weighted by Crippen LogP contribution is 2.41. The third-order valence-electron chi connectivity index (χ3n) is 6.05. The first-order chi connectivity index (χ1) is 14.9. The molecule has 0 N–H and O–H groups in total. The molecule has 0 spiro atoms.